The van der Waals surface area contributed by atoms with Gasteiger partial charge in [-0.1, -0.05) is 36.4 Å². The molecule has 0 bridgehead atoms. The highest BCUT2D eigenvalue weighted by atomic mass is 32.2. The van der Waals surface area contributed by atoms with Crippen LogP contribution in [0.3, 0.4) is 0 Å². The number of non-ortho nitro benzene ring substituents is 1. The first kappa shape index (κ1) is 20.7. The molecule has 0 aliphatic carbocycles. The lowest BCUT2D eigenvalue weighted by Gasteiger charge is -2.33. The fourth-order valence-electron chi connectivity index (χ4n) is 3.69. The molecule has 8 nitrogen and oxygen atoms in total. The zero-order valence-electron chi connectivity index (χ0n) is 16.2. The van der Waals surface area contributed by atoms with Gasteiger partial charge in [0.1, 0.15) is 6.04 Å². The minimum absolute atomic E-state index is 0.0104. The molecule has 3 aromatic carbocycles. The monoisotopic (exact) mass is 438 g/mol. The molecule has 0 fully saturated rings. The van der Waals surface area contributed by atoms with Gasteiger partial charge in [0.2, 0.25) is 10.0 Å². The van der Waals surface area contributed by atoms with Crippen molar-refractivity contribution in [3.63, 3.8) is 0 Å². The number of benzene rings is 3. The van der Waals surface area contributed by atoms with Crippen LogP contribution in [0.15, 0.2) is 77.7 Å². The predicted octanol–water partition coefficient (Wildman–Crippen LogP) is 3.46. The Morgan fingerprint density at radius 1 is 0.935 bits per heavy atom. The number of nitro benzene ring substituents is 1. The summed E-state index contributed by atoms with van der Waals surface area (Å²) in [5, 5.41) is 20.4. The smallest absolute Gasteiger partial charge is 0.322 e. The molecule has 9 heteroatoms. The Balaban J connectivity index is 1.65. The number of hydrogen-bond donors (Lipinski definition) is 1. The SMILES string of the molecule is O=C(O)[C@H]1Cc2ccccc2CN1S(=O)(=O)c1ccc(-c2ccc([N+](=O)[O-])cc2)cc1. The molecule has 158 valence electrons. The number of carbonyl (C=O) groups is 1. The van der Waals surface area contributed by atoms with Gasteiger partial charge < -0.3 is 5.11 Å². The van der Waals surface area contributed by atoms with E-state index in [1.54, 1.807) is 42.5 Å². The van der Waals surface area contributed by atoms with Gasteiger partial charge in [0.15, 0.2) is 0 Å². The van der Waals surface area contributed by atoms with Crippen molar-refractivity contribution in [2.75, 3.05) is 0 Å². The van der Waals surface area contributed by atoms with Gasteiger partial charge in [-0.25, -0.2) is 8.42 Å². The second-order valence-corrected chi connectivity index (χ2v) is 9.10. The minimum atomic E-state index is -4.05. The van der Waals surface area contributed by atoms with Gasteiger partial charge >= 0.3 is 5.97 Å². The zero-order chi connectivity index (χ0) is 22.2. The summed E-state index contributed by atoms with van der Waals surface area (Å²) in [4.78, 5) is 22.1. The van der Waals surface area contributed by atoms with E-state index in [-0.39, 0.29) is 23.5 Å². The largest absolute Gasteiger partial charge is 0.480 e. The molecule has 1 N–H and O–H groups in total. The van der Waals surface area contributed by atoms with Crippen molar-refractivity contribution in [3.8, 4) is 11.1 Å². The number of carboxylic acid groups (broad SMARTS) is 1. The summed E-state index contributed by atoms with van der Waals surface area (Å²) >= 11 is 0. The Morgan fingerprint density at radius 2 is 1.48 bits per heavy atom. The van der Waals surface area contributed by atoms with Crippen LogP contribution in [0.5, 0.6) is 0 Å². The first-order chi connectivity index (χ1) is 14.8. The summed E-state index contributed by atoms with van der Waals surface area (Å²) < 4.78 is 27.6. The topological polar surface area (TPSA) is 118 Å². The molecule has 0 saturated carbocycles. The van der Waals surface area contributed by atoms with E-state index in [2.05, 4.69) is 0 Å². The number of fused-ring (bicyclic) bond motifs is 1. The van der Waals surface area contributed by atoms with Crippen LogP contribution in [-0.2, 0) is 27.8 Å². The van der Waals surface area contributed by atoms with Gasteiger partial charge in [0.05, 0.1) is 9.82 Å². The van der Waals surface area contributed by atoms with Crippen molar-refractivity contribution in [3.05, 3.63) is 94.0 Å². The molecule has 0 spiro atoms. The van der Waals surface area contributed by atoms with Crippen molar-refractivity contribution >= 4 is 21.7 Å². The molecule has 0 saturated heterocycles. The summed E-state index contributed by atoms with van der Waals surface area (Å²) in [6, 6.07) is 18.0. The third kappa shape index (κ3) is 3.92. The number of nitrogens with zero attached hydrogens (tertiary/aromatic N) is 2. The van der Waals surface area contributed by atoms with E-state index in [1.165, 1.54) is 24.3 Å². The molecule has 0 amide bonds. The number of rotatable bonds is 5. The van der Waals surface area contributed by atoms with Crippen molar-refractivity contribution < 1.29 is 23.2 Å². The van der Waals surface area contributed by atoms with Crippen LogP contribution in [0.4, 0.5) is 5.69 Å². The predicted molar refractivity (Wildman–Crippen MR) is 113 cm³/mol. The first-order valence-corrected chi connectivity index (χ1v) is 10.9. The lowest BCUT2D eigenvalue weighted by Crippen LogP contribution is -2.48. The van der Waals surface area contributed by atoms with E-state index < -0.39 is 27.0 Å². The third-order valence-corrected chi connectivity index (χ3v) is 7.23. The first-order valence-electron chi connectivity index (χ1n) is 9.44. The van der Waals surface area contributed by atoms with Crippen molar-refractivity contribution in [2.24, 2.45) is 0 Å². The van der Waals surface area contributed by atoms with Crippen LogP contribution in [0.2, 0.25) is 0 Å². The second-order valence-electron chi connectivity index (χ2n) is 7.21. The summed E-state index contributed by atoms with van der Waals surface area (Å²) in [7, 11) is -4.05. The van der Waals surface area contributed by atoms with Crippen LogP contribution in [-0.4, -0.2) is 34.8 Å². The fraction of sp³-hybridized carbons (Fsp3) is 0.136. The maximum atomic E-state index is 13.3. The Kier molecular flexibility index (Phi) is 5.30. The lowest BCUT2D eigenvalue weighted by molar-refractivity contribution is -0.384. The Hall–Kier alpha value is -3.56. The van der Waals surface area contributed by atoms with Gasteiger partial charge in [-0.05, 0) is 46.5 Å². The zero-order valence-corrected chi connectivity index (χ0v) is 17.0. The Labute approximate surface area is 178 Å². The number of nitro groups is 1. The van der Waals surface area contributed by atoms with Gasteiger partial charge in [-0.2, -0.15) is 4.31 Å². The number of aliphatic carboxylic acids is 1. The van der Waals surface area contributed by atoms with Crippen LogP contribution in [0, 0.1) is 10.1 Å². The van der Waals surface area contributed by atoms with Crippen LogP contribution in [0.25, 0.3) is 11.1 Å². The van der Waals surface area contributed by atoms with E-state index in [0.29, 0.717) is 11.1 Å². The highest BCUT2D eigenvalue weighted by Gasteiger charge is 2.39. The standard InChI is InChI=1S/C22H18N2O6S/c25-22(26)21-13-17-3-1-2-4-18(17)14-23(21)31(29,30)20-11-7-16(8-12-20)15-5-9-19(10-6-15)24(27)28/h1-12,21H,13-14H2,(H,25,26)/t21-/m1/s1. The fourth-order valence-corrected chi connectivity index (χ4v) is 5.25. The van der Waals surface area contributed by atoms with Crippen LogP contribution < -0.4 is 0 Å². The Morgan fingerprint density at radius 3 is 2.03 bits per heavy atom. The molecular formula is C22H18N2O6S. The highest BCUT2D eigenvalue weighted by molar-refractivity contribution is 7.89. The maximum Gasteiger partial charge on any atom is 0.322 e. The molecule has 1 aliphatic heterocycles. The number of hydrogen-bond acceptors (Lipinski definition) is 5. The lowest BCUT2D eigenvalue weighted by atomic mass is 9.96. The molecule has 4 rings (SSSR count). The normalized spacial score (nSPS) is 16.5. The average Bonchev–Trinajstić information content (AvgIpc) is 2.78. The molecule has 0 radical (unpaired) electrons. The molecule has 0 aromatic heterocycles. The summed E-state index contributed by atoms with van der Waals surface area (Å²) in [5.41, 5.74) is 2.96. The minimum Gasteiger partial charge on any atom is -0.480 e. The summed E-state index contributed by atoms with van der Waals surface area (Å²) in [6.45, 7) is -0.0143. The van der Waals surface area contributed by atoms with Gasteiger partial charge in [0.25, 0.3) is 5.69 Å². The third-order valence-electron chi connectivity index (χ3n) is 5.36. The number of sulfonamides is 1. The van der Waals surface area contributed by atoms with Crippen molar-refractivity contribution in [1.29, 1.82) is 0 Å². The van der Waals surface area contributed by atoms with E-state index in [0.717, 1.165) is 15.4 Å². The van der Waals surface area contributed by atoms with E-state index in [9.17, 15) is 28.4 Å². The molecular weight excluding hydrogens is 420 g/mol. The van der Waals surface area contributed by atoms with Crippen molar-refractivity contribution in [2.45, 2.75) is 23.9 Å². The molecule has 31 heavy (non-hydrogen) atoms. The number of carboxylic acids is 1. The maximum absolute atomic E-state index is 13.3. The average molecular weight is 438 g/mol. The van der Waals surface area contributed by atoms with E-state index in [1.807, 2.05) is 6.07 Å². The molecule has 1 aliphatic rings. The van der Waals surface area contributed by atoms with Crippen LogP contribution >= 0.6 is 0 Å². The van der Waals surface area contributed by atoms with E-state index in [4.69, 9.17) is 0 Å². The van der Waals surface area contributed by atoms with E-state index >= 15 is 0 Å². The van der Waals surface area contributed by atoms with Crippen molar-refractivity contribution in [1.82, 2.24) is 4.31 Å². The molecule has 1 heterocycles. The van der Waals surface area contributed by atoms with Gasteiger partial charge in [0, 0.05) is 25.1 Å². The molecule has 3 aromatic rings. The summed E-state index contributed by atoms with van der Waals surface area (Å²) in [5.74, 6) is -1.19. The summed E-state index contributed by atoms with van der Waals surface area (Å²) in [6.07, 6.45) is 0.103. The molecule has 1 atom stereocenters. The molecule has 0 unspecified atom stereocenters. The van der Waals surface area contributed by atoms with Gasteiger partial charge in [-0.3, -0.25) is 14.9 Å². The highest BCUT2D eigenvalue weighted by Crippen LogP contribution is 2.30. The van der Waals surface area contributed by atoms with Gasteiger partial charge in [-0.15, -0.1) is 0 Å². The second kappa shape index (κ2) is 7.93. The quantitative estimate of drug-likeness (QED) is 0.481. The van der Waals surface area contributed by atoms with Crippen LogP contribution in [0.1, 0.15) is 11.1 Å². The Bertz CT molecular complexity index is 1250.